The van der Waals surface area contributed by atoms with Crippen LogP contribution in [-0.2, 0) is 4.74 Å². The molecule has 5 heteroatoms. The number of nitrogens with zero attached hydrogens (tertiary/aromatic N) is 4. The minimum Gasteiger partial charge on any atom is -0.377 e. The largest absolute Gasteiger partial charge is 0.377 e. The average molecular weight is 250 g/mol. The van der Waals surface area contributed by atoms with Gasteiger partial charge in [0.15, 0.2) is 0 Å². The van der Waals surface area contributed by atoms with Crippen molar-refractivity contribution in [2.75, 3.05) is 44.2 Å². The summed E-state index contributed by atoms with van der Waals surface area (Å²) in [4.78, 5) is 13.2. The van der Waals surface area contributed by atoms with Crippen molar-refractivity contribution >= 4 is 5.95 Å². The Labute approximate surface area is 109 Å². The molecule has 0 saturated carbocycles. The van der Waals surface area contributed by atoms with Crippen LogP contribution in [0.5, 0.6) is 0 Å². The number of aromatic nitrogens is 2. The number of anilines is 1. The molecule has 100 valence electrons. The van der Waals surface area contributed by atoms with Gasteiger partial charge in [-0.25, -0.2) is 9.97 Å². The number of hydrogen-bond donors (Lipinski definition) is 0. The first-order valence-electron chi connectivity index (χ1n) is 6.61. The monoisotopic (exact) mass is 250 g/mol. The van der Waals surface area contributed by atoms with Crippen LogP contribution in [0.2, 0.25) is 0 Å². The first kappa shape index (κ1) is 13.2. The molecule has 2 heterocycles. The van der Waals surface area contributed by atoms with E-state index < -0.39 is 0 Å². The fourth-order valence-electron chi connectivity index (χ4n) is 2.04. The lowest BCUT2D eigenvalue weighted by molar-refractivity contribution is 0.0578. The molecule has 1 aliphatic rings. The molecular weight excluding hydrogens is 228 g/mol. The molecule has 1 aromatic heterocycles. The van der Waals surface area contributed by atoms with E-state index in [1.54, 1.807) is 12.4 Å². The molecule has 0 aliphatic carbocycles. The molecule has 2 rings (SSSR count). The Bertz CT molecular complexity index is 336. The zero-order valence-corrected chi connectivity index (χ0v) is 11.2. The molecule has 1 saturated heterocycles. The third kappa shape index (κ3) is 3.92. The van der Waals surface area contributed by atoms with Crippen LogP contribution < -0.4 is 4.90 Å². The van der Waals surface area contributed by atoms with E-state index in [-0.39, 0.29) is 0 Å². The molecular formula is C13H22N4O. The molecule has 1 aromatic rings. The van der Waals surface area contributed by atoms with Gasteiger partial charge in [-0.05, 0) is 19.9 Å². The molecule has 0 spiro atoms. The highest BCUT2D eigenvalue weighted by Gasteiger charge is 2.18. The molecule has 0 amide bonds. The Morgan fingerprint density at radius 3 is 2.44 bits per heavy atom. The van der Waals surface area contributed by atoms with Crippen molar-refractivity contribution in [3.63, 3.8) is 0 Å². The molecule has 0 aromatic carbocycles. The molecule has 0 N–H and O–H groups in total. The second-order valence-electron chi connectivity index (χ2n) is 4.80. The molecule has 0 bridgehead atoms. The summed E-state index contributed by atoms with van der Waals surface area (Å²) in [5.74, 6) is 0.843. The van der Waals surface area contributed by atoms with Gasteiger partial charge < -0.3 is 9.64 Å². The summed E-state index contributed by atoms with van der Waals surface area (Å²) in [6.45, 7) is 10.1. The molecule has 0 radical (unpaired) electrons. The Hall–Kier alpha value is -1.20. The summed E-state index contributed by atoms with van der Waals surface area (Å²) in [5.41, 5.74) is 0. The predicted octanol–water partition coefficient (Wildman–Crippen LogP) is 1.02. The Morgan fingerprint density at radius 2 is 1.83 bits per heavy atom. The number of hydrogen-bond acceptors (Lipinski definition) is 5. The summed E-state index contributed by atoms with van der Waals surface area (Å²) in [6.07, 6.45) is 3.92. The minimum absolute atomic E-state index is 0.323. The summed E-state index contributed by atoms with van der Waals surface area (Å²) in [7, 11) is 0. The van der Waals surface area contributed by atoms with Crippen LogP contribution in [0.15, 0.2) is 18.5 Å². The zero-order valence-electron chi connectivity index (χ0n) is 11.2. The molecule has 1 aliphatic heterocycles. The van der Waals surface area contributed by atoms with Crippen molar-refractivity contribution in [3.8, 4) is 0 Å². The maximum atomic E-state index is 5.58. The molecule has 1 fully saturated rings. The van der Waals surface area contributed by atoms with Gasteiger partial charge in [0.1, 0.15) is 0 Å². The molecule has 0 atom stereocenters. The lowest BCUT2D eigenvalue weighted by atomic mass is 10.3. The van der Waals surface area contributed by atoms with Crippen molar-refractivity contribution in [3.05, 3.63) is 18.5 Å². The maximum Gasteiger partial charge on any atom is 0.225 e. The molecule has 5 nitrogen and oxygen atoms in total. The smallest absolute Gasteiger partial charge is 0.225 e. The van der Waals surface area contributed by atoms with Gasteiger partial charge in [-0.2, -0.15) is 0 Å². The van der Waals surface area contributed by atoms with Crippen LogP contribution in [0.3, 0.4) is 0 Å². The number of piperazine rings is 1. The lowest BCUT2D eigenvalue weighted by Gasteiger charge is -2.34. The quantitative estimate of drug-likeness (QED) is 0.780. The van der Waals surface area contributed by atoms with Crippen LogP contribution in [0.4, 0.5) is 5.95 Å². The summed E-state index contributed by atoms with van der Waals surface area (Å²) < 4.78 is 5.58. The van der Waals surface area contributed by atoms with Gasteiger partial charge >= 0.3 is 0 Å². The van der Waals surface area contributed by atoms with Crippen molar-refractivity contribution in [1.82, 2.24) is 14.9 Å². The van der Waals surface area contributed by atoms with E-state index in [1.807, 2.05) is 6.07 Å². The van der Waals surface area contributed by atoms with E-state index in [2.05, 4.69) is 33.6 Å². The van der Waals surface area contributed by atoms with Crippen LogP contribution in [0.25, 0.3) is 0 Å². The fourth-order valence-corrected chi connectivity index (χ4v) is 2.04. The third-order valence-corrected chi connectivity index (χ3v) is 3.07. The highest BCUT2D eigenvalue weighted by Crippen LogP contribution is 2.09. The van der Waals surface area contributed by atoms with E-state index >= 15 is 0 Å². The number of rotatable bonds is 5. The molecule has 18 heavy (non-hydrogen) atoms. The van der Waals surface area contributed by atoms with Crippen molar-refractivity contribution < 1.29 is 4.74 Å². The van der Waals surface area contributed by atoms with Crippen molar-refractivity contribution in [1.29, 1.82) is 0 Å². The third-order valence-electron chi connectivity index (χ3n) is 3.07. The summed E-state index contributed by atoms with van der Waals surface area (Å²) >= 11 is 0. The minimum atomic E-state index is 0.323. The highest BCUT2D eigenvalue weighted by atomic mass is 16.5. The second-order valence-corrected chi connectivity index (χ2v) is 4.80. The topological polar surface area (TPSA) is 41.5 Å². The van der Waals surface area contributed by atoms with Gasteiger partial charge in [0.2, 0.25) is 5.95 Å². The normalized spacial score (nSPS) is 17.4. The Balaban J connectivity index is 1.71. The van der Waals surface area contributed by atoms with Crippen LogP contribution >= 0.6 is 0 Å². The fraction of sp³-hybridized carbons (Fsp3) is 0.692. The van der Waals surface area contributed by atoms with Crippen molar-refractivity contribution in [2.24, 2.45) is 0 Å². The van der Waals surface area contributed by atoms with Gasteiger partial charge in [-0.1, -0.05) is 0 Å². The first-order valence-corrected chi connectivity index (χ1v) is 6.61. The first-order chi connectivity index (χ1) is 8.75. The average Bonchev–Trinajstić information content (AvgIpc) is 2.40. The van der Waals surface area contributed by atoms with E-state index in [0.717, 1.165) is 45.3 Å². The van der Waals surface area contributed by atoms with E-state index in [4.69, 9.17) is 4.74 Å². The van der Waals surface area contributed by atoms with Crippen molar-refractivity contribution in [2.45, 2.75) is 20.0 Å². The van der Waals surface area contributed by atoms with Gasteiger partial charge in [0, 0.05) is 45.1 Å². The van der Waals surface area contributed by atoms with Crippen LogP contribution in [-0.4, -0.2) is 60.3 Å². The van der Waals surface area contributed by atoms with Crippen LogP contribution in [0, 0.1) is 0 Å². The maximum absolute atomic E-state index is 5.58. The van der Waals surface area contributed by atoms with E-state index in [9.17, 15) is 0 Å². The van der Waals surface area contributed by atoms with Crippen LogP contribution in [0.1, 0.15) is 13.8 Å². The van der Waals surface area contributed by atoms with Gasteiger partial charge in [-0.15, -0.1) is 0 Å². The number of ether oxygens (including phenoxy) is 1. The van der Waals surface area contributed by atoms with Gasteiger partial charge in [-0.3, -0.25) is 4.90 Å². The Morgan fingerprint density at radius 1 is 1.17 bits per heavy atom. The Kier molecular flexibility index (Phi) is 4.90. The highest BCUT2D eigenvalue weighted by molar-refractivity contribution is 5.29. The van der Waals surface area contributed by atoms with E-state index in [0.29, 0.717) is 6.10 Å². The molecule has 0 unspecified atom stereocenters. The zero-order chi connectivity index (χ0) is 12.8. The summed E-state index contributed by atoms with van der Waals surface area (Å²) in [5, 5.41) is 0. The standard InChI is InChI=1S/C13H22N4O/c1-12(2)18-11-10-16-6-8-17(9-7-16)13-14-4-3-5-15-13/h3-5,12H,6-11H2,1-2H3. The second kappa shape index (κ2) is 6.66. The van der Waals surface area contributed by atoms with Gasteiger partial charge in [0.05, 0.1) is 12.7 Å². The van der Waals surface area contributed by atoms with E-state index in [1.165, 1.54) is 0 Å². The van der Waals surface area contributed by atoms with Gasteiger partial charge in [0.25, 0.3) is 0 Å². The predicted molar refractivity (Wildman–Crippen MR) is 71.8 cm³/mol. The lowest BCUT2D eigenvalue weighted by Crippen LogP contribution is -2.48. The summed E-state index contributed by atoms with van der Waals surface area (Å²) in [6, 6.07) is 1.85. The SMILES string of the molecule is CC(C)OCCN1CCN(c2ncccn2)CC1.